The lowest BCUT2D eigenvalue weighted by molar-refractivity contribution is 0.414. The predicted molar refractivity (Wildman–Crippen MR) is 66.9 cm³/mol. The van der Waals surface area contributed by atoms with Crippen LogP contribution in [0.15, 0.2) is 6.20 Å². The van der Waals surface area contributed by atoms with Gasteiger partial charge in [0.1, 0.15) is 0 Å². The molecule has 0 saturated heterocycles. The zero-order valence-electron chi connectivity index (χ0n) is 10.0. The molecule has 1 aliphatic rings. The smallest absolute Gasteiger partial charge is 0.0815 e. The second-order valence-corrected chi connectivity index (χ2v) is 5.19. The van der Waals surface area contributed by atoms with Gasteiger partial charge >= 0.3 is 0 Å². The van der Waals surface area contributed by atoms with Gasteiger partial charge in [0.05, 0.1) is 16.8 Å². The summed E-state index contributed by atoms with van der Waals surface area (Å²) in [5.74, 6) is 0. The van der Waals surface area contributed by atoms with Gasteiger partial charge in [-0.05, 0) is 26.7 Å². The van der Waals surface area contributed by atoms with Crippen molar-refractivity contribution in [1.29, 1.82) is 0 Å². The molecule has 1 fully saturated rings. The standard InChI is InChI=1S/C12H20ClN3/c1-9(7-14-11-5-3-4-6-11)16-8-12(13)10(2)15-16/h8-9,11,14H,3-7H2,1-2H3. The maximum atomic E-state index is 6.00. The van der Waals surface area contributed by atoms with E-state index in [-0.39, 0.29) is 0 Å². The van der Waals surface area contributed by atoms with Gasteiger partial charge in [0.25, 0.3) is 0 Å². The summed E-state index contributed by atoms with van der Waals surface area (Å²) < 4.78 is 1.96. The van der Waals surface area contributed by atoms with Gasteiger partial charge in [-0.3, -0.25) is 4.68 Å². The Morgan fingerprint density at radius 2 is 2.25 bits per heavy atom. The Bertz CT molecular complexity index is 323. The highest BCUT2D eigenvalue weighted by atomic mass is 35.5. The Labute approximate surface area is 102 Å². The van der Waals surface area contributed by atoms with E-state index in [0.29, 0.717) is 6.04 Å². The number of halogens is 1. The summed E-state index contributed by atoms with van der Waals surface area (Å²) in [5.41, 5.74) is 0.911. The minimum atomic E-state index is 0.367. The molecule has 1 N–H and O–H groups in total. The van der Waals surface area contributed by atoms with Crippen molar-refractivity contribution in [2.75, 3.05) is 6.54 Å². The van der Waals surface area contributed by atoms with E-state index >= 15 is 0 Å². The molecule has 0 bridgehead atoms. The monoisotopic (exact) mass is 241 g/mol. The van der Waals surface area contributed by atoms with Gasteiger partial charge in [0.2, 0.25) is 0 Å². The number of aryl methyl sites for hydroxylation is 1. The van der Waals surface area contributed by atoms with Crippen LogP contribution < -0.4 is 5.32 Å². The summed E-state index contributed by atoms with van der Waals surface area (Å²) in [7, 11) is 0. The molecular weight excluding hydrogens is 222 g/mol. The summed E-state index contributed by atoms with van der Waals surface area (Å²) in [4.78, 5) is 0. The summed E-state index contributed by atoms with van der Waals surface area (Å²) >= 11 is 6.00. The maximum absolute atomic E-state index is 6.00. The molecule has 1 aromatic heterocycles. The predicted octanol–water partition coefficient (Wildman–Crippen LogP) is 2.94. The van der Waals surface area contributed by atoms with Gasteiger partial charge in [-0.15, -0.1) is 0 Å². The molecule has 1 heterocycles. The topological polar surface area (TPSA) is 29.9 Å². The molecule has 3 nitrogen and oxygen atoms in total. The lowest BCUT2D eigenvalue weighted by Crippen LogP contribution is -2.31. The number of rotatable bonds is 4. The molecule has 0 aliphatic heterocycles. The van der Waals surface area contributed by atoms with E-state index in [1.807, 2.05) is 17.8 Å². The third-order valence-electron chi connectivity index (χ3n) is 3.37. The van der Waals surface area contributed by atoms with Gasteiger partial charge in [-0.1, -0.05) is 24.4 Å². The minimum Gasteiger partial charge on any atom is -0.312 e. The Kier molecular flexibility index (Phi) is 3.87. The highest BCUT2D eigenvalue weighted by Crippen LogP contribution is 2.19. The van der Waals surface area contributed by atoms with E-state index in [0.717, 1.165) is 23.3 Å². The van der Waals surface area contributed by atoms with Crippen molar-refractivity contribution < 1.29 is 0 Å². The largest absolute Gasteiger partial charge is 0.312 e. The molecule has 1 aliphatic carbocycles. The van der Waals surface area contributed by atoms with Crippen molar-refractivity contribution in [2.24, 2.45) is 0 Å². The van der Waals surface area contributed by atoms with E-state index in [9.17, 15) is 0 Å². The van der Waals surface area contributed by atoms with E-state index in [4.69, 9.17) is 11.6 Å². The second kappa shape index (κ2) is 5.19. The second-order valence-electron chi connectivity index (χ2n) is 4.78. The van der Waals surface area contributed by atoms with Crippen LogP contribution in [-0.4, -0.2) is 22.4 Å². The van der Waals surface area contributed by atoms with Crippen LogP contribution in [0.1, 0.15) is 44.3 Å². The zero-order chi connectivity index (χ0) is 11.5. The molecule has 4 heteroatoms. The normalized spacial score (nSPS) is 19.2. The maximum Gasteiger partial charge on any atom is 0.0815 e. The van der Waals surface area contributed by atoms with E-state index in [1.165, 1.54) is 25.7 Å². The lowest BCUT2D eigenvalue weighted by Gasteiger charge is -2.17. The Balaban J connectivity index is 1.84. The molecule has 16 heavy (non-hydrogen) atoms. The van der Waals surface area contributed by atoms with Crippen LogP contribution in [-0.2, 0) is 0 Å². The van der Waals surface area contributed by atoms with Crippen molar-refractivity contribution in [2.45, 2.75) is 51.6 Å². The number of nitrogens with zero attached hydrogens (tertiary/aromatic N) is 2. The zero-order valence-corrected chi connectivity index (χ0v) is 10.8. The number of aromatic nitrogens is 2. The summed E-state index contributed by atoms with van der Waals surface area (Å²) in [6.07, 6.45) is 7.31. The Morgan fingerprint density at radius 3 is 2.81 bits per heavy atom. The fourth-order valence-electron chi connectivity index (χ4n) is 2.25. The van der Waals surface area contributed by atoms with Gasteiger partial charge < -0.3 is 5.32 Å². The molecule has 90 valence electrons. The Hall–Kier alpha value is -0.540. The highest BCUT2D eigenvalue weighted by molar-refractivity contribution is 6.31. The first-order valence-electron chi connectivity index (χ1n) is 6.11. The van der Waals surface area contributed by atoms with Crippen LogP contribution in [0.4, 0.5) is 0 Å². The van der Waals surface area contributed by atoms with Crippen molar-refractivity contribution in [3.05, 3.63) is 16.9 Å². The Morgan fingerprint density at radius 1 is 1.56 bits per heavy atom. The number of nitrogens with one attached hydrogen (secondary N) is 1. The molecular formula is C12H20ClN3. The molecule has 0 spiro atoms. The SMILES string of the molecule is Cc1nn(C(C)CNC2CCCC2)cc1Cl. The number of hydrogen-bond donors (Lipinski definition) is 1. The van der Waals surface area contributed by atoms with Crippen molar-refractivity contribution >= 4 is 11.6 Å². The van der Waals surface area contributed by atoms with Gasteiger partial charge in [-0.25, -0.2) is 0 Å². The third kappa shape index (κ3) is 2.77. The van der Waals surface area contributed by atoms with Gasteiger partial charge in [-0.2, -0.15) is 5.10 Å². The van der Waals surface area contributed by atoms with Crippen LogP contribution in [0.25, 0.3) is 0 Å². The van der Waals surface area contributed by atoms with E-state index in [2.05, 4.69) is 17.3 Å². The third-order valence-corrected chi connectivity index (χ3v) is 3.74. The molecule has 1 saturated carbocycles. The van der Waals surface area contributed by atoms with Gasteiger partial charge in [0.15, 0.2) is 0 Å². The van der Waals surface area contributed by atoms with Crippen LogP contribution in [0, 0.1) is 6.92 Å². The molecule has 1 unspecified atom stereocenters. The summed E-state index contributed by atoms with van der Waals surface area (Å²) in [6.45, 7) is 5.09. The van der Waals surface area contributed by atoms with E-state index in [1.54, 1.807) is 0 Å². The van der Waals surface area contributed by atoms with Crippen molar-refractivity contribution in [3.63, 3.8) is 0 Å². The quantitative estimate of drug-likeness (QED) is 0.879. The minimum absolute atomic E-state index is 0.367. The number of hydrogen-bond acceptors (Lipinski definition) is 2. The molecule has 1 aromatic rings. The van der Waals surface area contributed by atoms with Crippen molar-refractivity contribution in [3.8, 4) is 0 Å². The van der Waals surface area contributed by atoms with E-state index < -0.39 is 0 Å². The van der Waals surface area contributed by atoms with Gasteiger partial charge in [0, 0.05) is 18.8 Å². The summed E-state index contributed by atoms with van der Waals surface area (Å²) in [5, 5.41) is 8.76. The highest BCUT2D eigenvalue weighted by Gasteiger charge is 2.16. The first-order chi connectivity index (χ1) is 7.66. The first-order valence-corrected chi connectivity index (χ1v) is 6.49. The lowest BCUT2D eigenvalue weighted by atomic mass is 10.2. The average Bonchev–Trinajstić information content (AvgIpc) is 2.86. The molecule has 0 aromatic carbocycles. The first kappa shape index (κ1) is 11.9. The van der Waals surface area contributed by atoms with Crippen LogP contribution in [0.2, 0.25) is 5.02 Å². The molecule has 0 amide bonds. The average molecular weight is 242 g/mol. The van der Waals surface area contributed by atoms with Crippen molar-refractivity contribution in [1.82, 2.24) is 15.1 Å². The van der Waals surface area contributed by atoms with Crippen LogP contribution in [0.5, 0.6) is 0 Å². The molecule has 1 atom stereocenters. The molecule has 2 rings (SSSR count). The summed E-state index contributed by atoms with van der Waals surface area (Å²) in [6, 6.07) is 1.08. The fraction of sp³-hybridized carbons (Fsp3) is 0.750. The van der Waals surface area contributed by atoms with Crippen LogP contribution in [0.3, 0.4) is 0 Å². The molecule has 0 radical (unpaired) electrons. The van der Waals surface area contributed by atoms with Crippen LogP contribution >= 0.6 is 11.6 Å². The fourth-order valence-corrected chi connectivity index (χ4v) is 2.38.